The minimum absolute atomic E-state index is 0.328. The van der Waals surface area contributed by atoms with E-state index in [4.69, 9.17) is 11.6 Å². The van der Waals surface area contributed by atoms with Crippen LogP contribution in [0.4, 0.5) is 5.69 Å². The lowest BCUT2D eigenvalue weighted by molar-refractivity contribution is -0.125. The van der Waals surface area contributed by atoms with E-state index in [1.165, 1.54) is 6.92 Å². The highest BCUT2D eigenvalue weighted by molar-refractivity contribution is 6.32. The van der Waals surface area contributed by atoms with Gasteiger partial charge in [0.25, 0.3) is 5.91 Å². The number of anilines is 1. The molecule has 0 aliphatic carbocycles. The van der Waals surface area contributed by atoms with Crippen LogP contribution in [-0.2, 0) is 9.59 Å². The predicted molar refractivity (Wildman–Crippen MR) is 89.8 cm³/mol. The molecule has 2 aromatic rings. The maximum Gasteiger partial charge on any atom is 0.269 e. The van der Waals surface area contributed by atoms with Crippen molar-refractivity contribution in [2.45, 2.75) is 13.1 Å². The first-order chi connectivity index (χ1) is 11.0. The Morgan fingerprint density at radius 1 is 1.22 bits per heavy atom. The van der Waals surface area contributed by atoms with Crippen LogP contribution in [0.1, 0.15) is 18.1 Å². The number of aliphatic imine (C=N–C) groups is 1. The zero-order valence-corrected chi connectivity index (χ0v) is 13.1. The number of fused-ring (bicyclic) bond motifs is 1. The lowest BCUT2D eigenvalue weighted by atomic mass is 10.0. The number of hydrogen-bond donors (Lipinski definition) is 2. The summed E-state index contributed by atoms with van der Waals surface area (Å²) >= 11 is 6.10. The van der Waals surface area contributed by atoms with Crippen molar-refractivity contribution >= 4 is 34.8 Å². The van der Waals surface area contributed by atoms with Crippen LogP contribution in [0.2, 0.25) is 5.02 Å². The second-order valence-corrected chi connectivity index (χ2v) is 5.56. The monoisotopic (exact) mass is 327 g/mol. The molecule has 2 aromatic carbocycles. The number of benzene rings is 2. The van der Waals surface area contributed by atoms with Crippen LogP contribution in [0, 0.1) is 0 Å². The Bertz CT molecular complexity index is 803. The molecule has 0 spiro atoms. The summed E-state index contributed by atoms with van der Waals surface area (Å²) in [6.45, 7) is 1.35. The van der Waals surface area contributed by atoms with Gasteiger partial charge in [0, 0.05) is 23.1 Å². The van der Waals surface area contributed by atoms with Gasteiger partial charge in [-0.15, -0.1) is 0 Å². The van der Waals surface area contributed by atoms with E-state index >= 15 is 0 Å². The van der Waals surface area contributed by atoms with E-state index in [0.717, 1.165) is 5.56 Å². The molecule has 1 atom stereocenters. The minimum Gasteiger partial charge on any atom is -0.327 e. The largest absolute Gasteiger partial charge is 0.327 e. The Balaban J connectivity index is 2.18. The van der Waals surface area contributed by atoms with Gasteiger partial charge < -0.3 is 10.6 Å². The molecule has 1 unspecified atom stereocenters. The number of hydrogen-bond acceptors (Lipinski definition) is 3. The van der Waals surface area contributed by atoms with Gasteiger partial charge >= 0.3 is 0 Å². The van der Waals surface area contributed by atoms with Crippen LogP contribution < -0.4 is 10.6 Å². The van der Waals surface area contributed by atoms with E-state index in [1.54, 1.807) is 18.2 Å². The molecule has 1 aliphatic rings. The van der Waals surface area contributed by atoms with Gasteiger partial charge in [0.2, 0.25) is 12.1 Å². The maximum absolute atomic E-state index is 12.3. The molecule has 1 aliphatic heterocycles. The third kappa shape index (κ3) is 3.24. The molecule has 0 bridgehead atoms. The van der Waals surface area contributed by atoms with E-state index in [0.29, 0.717) is 22.0 Å². The lowest BCUT2D eigenvalue weighted by Crippen LogP contribution is -2.41. The molecule has 0 aromatic heterocycles. The van der Waals surface area contributed by atoms with Gasteiger partial charge in [-0.05, 0) is 18.2 Å². The maximum atomic E-state index is 12.3. The molecule has 2 N–H and O–H groups in total. The first-order valence-electron chi connectivity index (χ1n) is 7.06. The van der Waals surface area contributed by atoms with Crippen LogP contribution >= 0.6 is 11.6 Å². The molecule has 116 valence electrons. The van der Waals surface area contributed by atoms with Crippen molar-refractivity contribution in [3.8, 4) is 0 Å². The van der Waals surface area contributed by atoms with E-state index in [2.05, 4.69) is 15.6 Å². The number of carbonyl (C=O) groups is 2. The van der Waals surface area contributed by atoms with Gasteiger partial charge in [-0.3, -0.25) is 9.59 Å². The zero-order chi connectivity index (χ0) is 16.4. The Morgan fingerprint density at radius 3 is 2.65 bits per heavy atom. The van der Waals surface area contributed by atoms with E-state index in [-0.39, 0.29) is 5.91 Å². The number of nitrogens with zero attached hydrogens (tertiary/aromatic N) is 1. The van der Waals surface area contributed by atoms with Crippen LogP contribution in [0.5, 0.6) is 0 Å². The molecule has 2 amide bonds. The highest BCUT2D eigenvalue weighted by Gasteiger charge is 2.26. The van der Waals surface area contributed by atoms with Gasteiger partial charge in [-0.1, -0.05) is 41.9 Å². The highest BCUT2D eigenvalue weighted by Crippen LogP contribution is 2.26. The molecular weight excluding hydrogens is 314 g/mol. The molecule has 0 saturated heterocycles. The SMILES string of the molecule is CC(=O)NC1N=C(c2ccccc2)c2cc(Cl)ccc2NC1=O. The summed E-state index contributed by atoms with van der Waals surface area (Å²) in [5.41, 5.74) is 2.75. The van der Waals surface area contributed by atoms with Gasteiger partial charge in [0.05, 0.1) is 11.4 Å². The van der Waals surface area contributed by atoms with Crippen molar-refractivity contribution < 1.29 is 9.59 Å². The van der Waals surface area contributed by atoms with Crippen LogP contribution in [0.15, 0.2) is 53.5 Å². The predicted octanol–water partition coefficient (Wildman–Crippen LogP) is 2.59. The van der Waals surface area contributed by atoms with E-state index in [9.17, 15) is 9.59 Å². The summed E-state index contributed by atoms with van der Waals surface area (Å²) in [4.78, 5) is 28.1. The minimum atomic E-state index is -0.992. The first-order valence-corrected chi connectivity index (χ1v) is 7.43. The van der Waals surface area contributed by atoms with Crippen molar-refractivity contribution in [1.82, 2.24) is 5.32 Å². The van der Waals surface area contributed by atoms with Crippen molar-refractivity contribution in [3.63, 3.8) is 0 Å². The molecule has 0 saturated carbocycles. The number of carbonyl (C=O) groups excluding carboxylic acids is 2. The summed E-state index contributed by atoms with van der Waals surface area (Å²) in [6, 6.07) is 14.6. The summed E-state index contributed by atoms with van der Waals surface area (Å²) in [6.07, 6.45) is -0.992. The Hall–Kier alpha value is -2.66. The summed E-state index contributed by atoms with van der Waals surface area (Å²) < 4.78 is 0. The molecule has 1 heterocycles. The number of rotatable bonds is 2. The zero-order valence-electron chi connectivity index (χ0n) is 12.3. The molecule has 6 heteroatoms. The number of amides is 2. The molecular formula is C17H14ClN3O2. The van der Waals surface area contributed by atoms with Gasteiger partial charge in [-0.2, -0.15) is 0 Å². The van der Waals surface area contributed by atoms with Crippen LogP contribution in [-0.4, -0.2) is 23.7 Å². The third-order valence-electron chi connectivity index (χ3n) is 3.39. The van der Waals surface area contributed by atoms with Crippen LogP contribution in [0.25, 0.3) is 0 Å². The van der Waals surface area contributed by atoms with Crippen LogP contribution in [0.3, 0.4) is 0 Å². The van der Waals surface area contributed by atoms with Crippen molar-refractivity contribution in [2.75, 3.05) is 5.32 Å². The fourth-order valence-corrected chi connectivity index (χ4v) is 2.57. The fourth-order valence-electron chi connectivity index (χ4n) is 2.40. The average Bonchev–Trinajstić information content (AvgIpc) is 2.65. The van der Waals surface area contributed by atoms with Gasteiger partial charge in [-0.25, -0.2) is 4.99 Å². The second-order valence-electron chi connectivity index (χ2n) is 5.13. The fraction of sp³-hybridized carbons (Fsp3) is 0.118. The molecule has 0 fully saturated rings. The number of halogens is 1. The Morgan fingerprint density at radius 2 is 1.96 bits per heavy atom. The number of nitrogens with one attached hydrogen (secondary N) is 2. The van der Waals surface area contributed by atoms with Crippen molar-refractivity contribution in [1.29, 1.82) is 0 Å². The topological polar surface area (TPSA) is 70.6 Å². The Labute approximate surface area is 138 Å². The number of benzodiazepines with no additional fused rings is 1. The van der Waals surface area contributed by atoms with Gasteiger partial charge in [0.15, 0.2) is 0 Å². The Kier molecular flexibility index (Phi) is 4.12. The van der Waals surface area contributed by atoms with E-state index < -0.39 is 12.1 Å². The molecule has 5 nitrogen and oxygen atoms in total. The van der Waals surface area contributed by atoms with Crippen molar-refractivity contribution in [2.24, 2.45) is 4.99 Å². The third-order valence-corrected chi connectivity index (χ3v) is 3.62. The molecule has 0 radical (unpaired) electrons. The normalized spacial score (nSPS) is 16.7. The standard InChI is InChI=1S/C17H14ClN3O2/c1-10(22)19-16-17(23)20-14-8-7-12(18)9-13(14)15(21-16)11-5-3-2-4-6-11/h2-9,16H,1H3,(H,19,22)(H,20,23). The highest BCUT2D eigenvalue weighted by atomic mass is 35.5. The average molecular weight is 328 g/mol. The lowest BCUT2D eigenvalue weighted by Gasteiger charge is -2.11. The van der Waals surface area contributed by atoms with E-state index in [1.807, 2.05) is 30.3 Å². The smallest absolute Gasteiger partial charge is 0.269 e. The summed E-state index contributed by atoms with van der Waals surface area (Å²) in [5, 5.41) is 5.87. The first kappa shape index (κ1) is 15.2. The quantitative estimate of drug-likeness (QED) is 0.890. The summed E-state index contributed by atoms with van der Waals surface area (Å²) in [5.74, 6) is -0.722. The molecule has 3 rings (SSSR count). The second kappa shape index (κ2) is 6.22. The van der Waals surface area contributed by atoms with Crippen molar-refractivity contribution in [3.05, 3.63) is 64.7 Å². The molecule has 23 heavy (non-hydrogen) atoms. The summed E-state index contributed by atoms with van der Waals surface area (Å²) in [7, 11) is 0. The van der Waals surface area contributed by atoms with Gasteiger partial charge in [0.1, 0.15) is 0 Å².